The molecule has 1 rings (SSSR count). The molecular weight excluding hydrogens is 208 g/mol. The lowest BCUT2D eigenvalue weighted by Crippen LogP contribution is -2.07. The SMILES string of the molecule is CCOC(=O)c1nc(SC)sc1N. The second-order valence-corrected chi connectivity index (χ2v) is 4.20. The Bertz CT molecular complexity index is 311. The Labute approximate surface area is 84.5 Å². The fraction of sp³-hybridized carbons (Fsp3) is 0.429. The Kier molecular flexibility index (Phi) is 3.56. The van der Waals surface area contributed by atoms with Crippen molar-refractivity contribution < 1.29 is 9.53 Å². The summed E-state index contributed by atoms with van der Waals surface area (Å²) in [7, 11) is 0. The molecule has 1 aromatic rings. The molecule has 0 aromatic carbocycles. The van der Waals surface area contributed by atoms with Crippen molar-refractivity contribution in [2.24, 2.45) is 0 Å². The van der Waals surface area contributed by atoms with E-state index in [0.717, 1.165) is 4.34 Å². The van der Waals surface area contributed by atoms with Crippen molar-refractivity contribution in [2.75, 3.05) is 18.6 Å². The summed E-state index contributed by atoms with van der Waals surface area (Å²) < 4.78 is 5.56. The molecule has 0 saturated carbocycles. The van der Waals surface area contributed by atoms with Crippen LogP contribution in [0.2, 0.25) is 0 Å². The minimum absolute atomic E-state index is 0.233. The first-order valence-corrected chi connectivity index (χ1v) is 5.70. The molecule has 2 N–H and O–H groups in total. The van der Waals surface area contributed by atoms with Gasteiger partial charge in [-0.2, -0.15) is 0 Å². The van der Waals surface area contributed by atoms with Crippen LogP contribution in [0.25, 0.3) is 0 Å². The lowest BCUT2D eigenvalue weighted by atomic mass is 10.5. The van der Waals surface area contributed by atoms with Gasteiger partial charge in [0.1, 0.15) is 5.00 Å². The smallest absolute Gasteiger partial charge is 0.360 e. The van der Waals surface area contributed by atoms with Gasteiger partial charge in [0.2, 0.25) is 0 Å². The first-order chi connectivity index (χ1) is 6.19. The van der Waals surface area contributed by atoms with E-state index in [9.17, 15) is 4.79 Å². The average molecular weight is 218 g/mol. The fourth-order valence-electron chi connectivity index (χ4n) is 0.745. The van der Waals surface area contributed by atoms with Gasteiger partial charge in [0, 0.05) is 0 Å². The van der Waals surface area contributed by atoms with Crippen LogP contribution in [0.5, 0.6) is 0 Å². The van der Waals surface area contributed by atoms with E-state index in [0.29, 0.717) is 11.6 Å². The molecule has 0 saturated heterocycles. The van der Waals surface area contributed by atoms with Crippen LogP contribution in [0.1, 0.15) is 17.4 Å². The summed E-state index contributed by atoms with van der Waals surface area (Å²) in [6, 6.07) is 0. The third kappa shape index (κ3) is 2.35. The minimum Gasteiger partial charge on any atom is -0.461 e. The number of carbonyl (C=O) groups is 1. The fourth-order valence-corrected chi connectivity index (χ4v) is 2.08. The number of ether oxygens (including phenoxy) is 1. The van der Waals surface area contributed by atoms with E-state index < -0.39 is 5.97 Å². The van der Waals surface area contributed by atoms with Gasteiger partial charge in [-0.05, 0) is 13.2 Å². The normalized spacial score (nSPS) is 10.0. The van der Waals surface area contributed by atoms with Crippen LogP contribution in [-0.4, -0.2) is 23.8 Å². The lowest BCUT2D eigenvalue weighted by Gasteiger charge is -1.97. The first kappa shape index (κ1) is 10.3. The maximum atomic E-state index is 11.2. The van der Waals surface area contributed by atoms with Crippen LogP contribution >= 0.6 is 23.1 Å². The number of anilines is 1. The Morgan fingerprint density at radius 1 is 1.77 bits per heavy atom. The van der Waals surface area contributed by atoms with E-state index in [-0.39, 0.29) is 5.69 Å². The molecule has 0 bridgehead atoms. The highest BCUT2D eigenvalue weighted by Crippen LogP contribution is 2.27. The largest absolute Gasteiger partial charge is 0.461 e. The third-order valence-corrected chi connectivity index (χ3v) is 3.15. The van der Waals surface area contributed by atoms with Crippen molar-refractivity contribution in [3.05, 3.63) is 5.69 Å². The van der Waals surface area contributed by atoms with Crippen LogP contribution in [-0.2, 0) is 4.74 Å². The predicted octanol–water partition coefficient (Wildman–Crippen LogP) is 1.62. The molecule has 0 aliphatic heterocycles. The van der Waals surface area contributed by atoms with Crippen LogP contribution in [0.15, 0.2) is 4.34 Å². The van der Waals surface area contributed by atoms with Crippen molar-refractivity contribution in [3.8, 4) is 0 Å². The number of nitrogens with zero attached hydrogens (tertiary/aromatic N) is 1. The zero-order valence-corrected chi connectivity index (χ0v) is 9.00. The van der Waals surface area contributed by atoms with Crippen molar-refractivity contribution in [3.63, 3.8) is 0 Å². The Hall–Kier alpha value is -0.750. The van der Waals surface area contributed by atoms with Gasteiger partial charge in [-0.3, -0.25) is 0 Å². The van der Waals surface area contributed by atoms with Crippen molar-refractivity contribution in [1.29, 1.82) is 0 Å². The topological polar surface area (TPSA) is 65.2 Å². The first-order valence-electron chi connectivity index (χ1n) is 3.66. The molecule has 0 atom stereocenters. The zero-order chi connectivity index (χ0) is 9.84. The number of esters is 1. The standard InChI is InChI=1S/C7H10N2O2S2/c1-3-11-6(10)4-5(8)13-7(9-4)12-2/h3,8H2,1-2H3. The number of nitrogen functional groups attached to an aromatic ring is 1. The molecule has 0 aliphatic carbocycles. The summed E-state index contributed by atoms with van der Waals surface area (Å²) in [4.78, 5) is 15.3. The van der Waals surface area contributed by atoms with E-state index in [4.69, 9.17) is 10.5 Å². The summed E-state index contributed by atoms with van der Waals surface area (Å²) in [5, 5.41) is 0.419. The maximum Gasteiger partial charge on any atom is 0.360 e. The van der Waals surface area contributed by atoms with Gasteiger partial charge in [0.25, 0.3) is 0 Å². The minimum atomic E-state index is -0.448. The molecular formula is C7H10N2O2S2. The van der Waals surface area contributed by atoms with E-state index in [1.165, 1.54) is 23.1 Å². The molecule has 0 amide bonds. The number of aromatic nitrogens is 1. The van der Waals surface area contributed by atoms with Crippen LogP contribution in [0, 0.1) is 0 Å². The molecule has 1 aromatic heterocycles. The van der Waals surface area contributed by atoms with Gasteiger partial charge in [0.15, 0.2) is 10.0 Å². The molecule has 0 radical (unpaired) electrons. The average Bonchev–Trinajstić information content (AvgIpc) is 2.47. The molecule has 0 unspecified atom stereocenters. The Morgan fingerprint density at radius 2 is 2.46 bits per heavy atom. The van der Waals surface area contributed by atoms with Gasteiger partial charge < -0.3 is 10.5 Å². The van der Waals surface area contributed by atoms with E-state index in [1.807, 2.05) is 6.26 Å². The summed E-state index contributed by atoms with van der Waals surface area (Å²) >= 11 is 2.76. The van der Waals surface area contributed by atoms with E-state index >= 15 is 0 Å². The molecule has 1 heterocycles. The quantitative estimate of drug-likeness (QED) is 0.617. The lowest BCUT2D eigenvalue weighted by molar-refractivity contribution is 0.0521. The molecule has 0 aliphatic rings. The zero-order valence-electron chi connectivity index (χ0n) is 7.36. The monoisotopic (exact) mass is 218 g/mol. The molecule has 0 fully saturated rings. The number of thiazole rings is 1. The van der Waals surface area contributed by atoms with Gasteiger partial charge in [-0.15, -0.1) is 0 Å². The van der Waals surface area contributed by atoms with Crippen LogP contribution < -0.4 is 5.73 Å². The van der Waals surface area contributed by atoms with E-state index in [2.05, 4.69) is 4.98 Å². The molecule has 0 spiro atoms. The summed E-state index contributed by atoms with van der Waals surface area (Å²) in [5.74, 6) is -0.448. The third-order valence-electron chi connectivity index (χ3n) is 1.28. The number of hydrogen-bond donors (Lipinski definition) is 1. The molecule has 6 heteroatoms. The highest BCUT2D eigenvalue weighted by Gasteiger charge is 2.16. The highest BCUT2D eigenvalue weighted by atomic mass is 32.2. The maximum absolute atomic E-state index is 11.2. The number of hydrogen-bond acceptors (Lipinski definition) is 6. The highest BCUT2D eigenvalue weighted by molar-refractivity contribution is 8.00. The molecule has 4 nitrogen and oxygen atoms in total. The van der Waals surface area contributed by atoms with Gasteiger partial charge in [0.05, 0.1) is 6.61 Å². The van der Waals surface area contributed by atoms with Crippen molar-refractivity contribution in [2.45, 2.75) is 11.3 Å². The number of carbonyl (C=O) groups excluding carboxylic acids is 1. The van der Waals surface area contributed by atoms with Gasteiger partial charge >= 0.3 is 5.97 Å². The second kappa shape index (κ2) is 4.48. The summed E-state index contributed by atoms with van der Waals surface area (Å²) in [6.07, 6.45) is 1.88. The Morgan fingerprint density at radius 3 is 2.92 bits per heavy atom. The van der Waals surface area contributed by atoms with E-state index in [1.54, 1.807) is 6.92 Å². The van der Waals surface area contributed by atoms with Crippen molar-refractivity contribution in [1.82, 2.24) is 4.98 Å². The summed E-state index contributed by atoms with van der Waals surface area (Å²) in [6.45, 7) is 2.08. The van der Waals surface area contributed by atoms with Crippen LogP contribution in [0.3, 0.4) is 0 Å². The van der Waals surface area contributed by atoms with Crippen LogP contribution in [0.4, 0.5) is 5.00 Å². The van der Waals surface area contributed by atoms with Gasteiger partial charge in [-0.1, -0.05) is 23.1 Å². The van der Waals surface area contributed by atoms with Gasteiger partial charge in [-0.25, -0.2) is 9.78 Å². The molecule has 13 heavy (non-hydrogen) atoms. The molecule has 72 valence electrons. The second-order valence-electron chi connectivity index (χ2n) is 2.12. The Balaban J connectivity index is 2.87. The number of nitrogens with two attached hydrogens (primary N) is 1. The number of thioether (sulfide) groups is 1. The summed E-state index contributed by atoms with van der Waals surface area (Å²) in [5.41, 5.74) is 5.82. The number of rotatable bonds is 3. The predicted molar refractivity (Wildman–Crippen MR) is 54.3 cm³/mol. The van der Waals surface area contributed by atoms with Crippen molar-refractivity contribution >= 4 is 34.1 Å².